The molecule has 0 saturated heterocycles. The molecule has 0 bridgehead atoms. The molecule has 2 aromatic carbocycles. The van der Waals surface area contributed by atoms with E-state index in [0.29, 0.717) is 10.2 Å². The third-order valence-electron chi connectivity index (χ3n) is 3.75. The van der Waals surface area contributed by atoms with Crippen LogP contribution in [-0.4, -0.2) is 21.0 Å². The summed E-state index contributed by atoms with van der Waals surface area (Å²) in [7, 11) is 0. The van der Waals surface area contributed by atoms with Crippen molar-refractivity contribution in [1.82, 2.24) is 14.8 Å². The smallest absolute Gasteiger partial charge is 0.204 e. The summed E-state index contributed by atoms with van der Waals surface area (Å²) in [6.45, 7) is 1.88. The van der Waals surface area contributed by atoms with Gasteiger partial charge < -0.3 is 0 Å². The van der Waals surface area contributed by atoms with Crippen molar-refractivity contribution in [3.05, 3.63) is 70.0 Å². The third kappa shape index (κ3) is 3.31. The number of aryl methyl sites for hydroxylation is 1. The second-order valence-corrected chi connectivity index (χ2v) is 7.36. The monoisotopic (exact) mass is 401 g/mol. The first-order valence-corrected chi connectivity index (χ1v) is 9.35. The van der Waals surface area contributed by atoms with E-state index in [1.54, 1.807) is 34.4 Å². The van der Waals surface area contributed by atoms with Crippen LogP contribution in [0.4, 0.5) is 5.13 Å². The average Bonchev–Trinajstić information content (AvgIpc) is 3.17. The molecule has 0 unspecified atom stereocenters. The number of aromatic nitrogens is 3. The van der Waals surface area contributed by atoms with Crippen molar-refractivity contribution >= 4 is 56.1 Å². The number of benzene rings is 2. The lowest BCUT2D eigenvalue weighted by Crippen LogP contribution is -1.96. The number of hydrogen-bond donors (Lipinski definition) is 1. The van der Waals surface area contributed by atoms with Gasteiger partial charge in [-0.1, -0.05) is 52.7 Å². The Labute approximate surface area is 163 Å². The van der Waals surface area contributed by atoms with E-state index < -0.39 is 0 Å². The first-order chi connectivity index (χ1) is 12.6. The minimum Gasteiger partial charge on any atom is -0.253 e. The Morgan fingerprint density at radius 2 is 2.00 bits per heavy atom. The standard InChI is InChI=1S/C18H13Cl2N5S/c1-11-14(17(20)25(24-11)13-6-4-5-12(19)9-13)10-21-23-18-22-15-7-2-3-8-16(15)26-18/h2-10H,1H3,(H,22,23)/b21-10-. The molecule has 2 aromatic heterocycles. The van der Waals surface area contributed by atoms with Crippen molar-refractivity contribution < 1.29 is 0 Å². The summed E-state index contributed by atoms with van der Waals surface area (Å²) in [5.41, 5.74) is 6.20. The Bertz CT molecular complexity index is 1080. The molecule has 0 fully saturated rings. The molecule has 26 heavy (non-hydrogen) atoms. The maximum atomic E-state index is 6.49. The lowest BCUT2D eigenvalue weighted by molar-refractivity contribution is 0.863. The highest BCUT2D eigenvalue weighted by atomic mass is 35.5. The van der Waals surface area contributed by atoms with Crippen molar-refractivity contribution in [2.45, 2.75) is 6.92 Å². The summed E-state index contributed by atoms with van der Waals surface area (Å²) in [4.78, 5) is 4.48. The van der Waals surface area contributed by atoms with Gasteiger partial charge in [-0.2, -0.15) is 10.2 Å². The second-order valence-electron chi connectivity index (χ2n) is 5.54. The SMILES string of the molecule is Cc1nn(-c2cccc(Cl)c2)c(Cl)c1/C=N\Nc1nc2ccccc2s1. The summed E-state index contributed by atoms with van der Waals surface area (Å²) < 4.78 is 2.75. The Morgan fingerprint density at radius 1 is 1.15 bits per heavy atom. The lowest BCUT2D eigenvalue weighted by atomic mass is 10.3. The zero-order chi connectivity index (χ0) is 18.1. The average molecular weight is 402 g/mol. The van der Waals surface area contributed by atoms with E-state index in [0.717, 1.165) is 32.3 Å². The molecule has 0 aliphatic heterocycles. The lowest BCUT2D eigenvalue weighted by Gasteiger charge is -2.03. The van der Waals surface area contributed by atoms with Crippen molar-refractivity contribution in [2.24, 2.45) is 5.10 Å². The van der Waals surface area contributed by atoms with E-state index in [1.165, 1.54) is 0 Å². The highest BCUT2D eigenvalue weighted by Crippen LogP contribution is 2.26. The van der Waals surface area contributed by atoms with Gasteiger partial charge >= 0.3 is 0 Å². The maximum absolute atomic E-state index is 6.49. The summed E-state index contributed by atoms with van der Waals surface area (Å²) >= 11 is 14.1. The second kappa shape index (κ2) is 7.07. The van der Waals surface area contributed by atoms with Crippen molar-refractivity contribution in [1.29, 1.82) is 0 Å². The van der Waals surface area contributed by atoms with Crippen molar-refractivity contribution in [2.75, 3.05) is 5.43 Å². The zero-order valence-corrected chi connectivity index (χ0v) is 16.0. The van der Waals surface area contributed by atoms with Gasteiger partial charge in [0.15, 0.2) is 0 Å². The summed E-state index contributed by atoms with van der Waals surface area (Å²) in [6.07, 6.45) is 1.65. The van der Waals surface area contributed by atoms with Gasteiger partial charge in [0.25, 0.3) is 0 Å². The van der Waals surface area contributed by atoms with Crippen LogP contribution in [0.25, 0.3) is 15.9 Å². The van der Waals surface area contributed by atoms with E-state index in [-0.39, 0.29) is 0 Å². The van der Waals surface area contributed by atoms with Gasteiger partial charge in [-0.3, -0.25) is 5.43 Å². The van der Waals surface area contributed by atoms with E-state index in [4.69, 9.17) is 23.2 Å². The number of thiazole rings is 1. The molecule has 0 atom stereocenters. The number of nitrogens with zero attached hydrogens (tertiary/aromatic N) is 4. The third-order valence-corrected chi connectivity index (χ3v) is 5.29. The van der Waals surface area contributed by atoms with Crippen LogP contribution in [0.1, 0.15) is 11.3 Å². The molecule has 0 spiro atoms. The molecule has 4 rings (SSSR count). The molecular weight excluding hydrogens is 389 g/mol. The first-order valence-electron chi connectivity index (χ1n) is 7.77. The fraction of sp³-hybridized carbons (Fsp3) is 0.0556. The van der Waals surface area contributed by atoms with E-state index in [2.05, 4.69) is 20.6 Å². The number of fused-ring (bicyclic) bond motifs is 1. The Kier molecular flexibility index (Phi) is 4.63. The minimum absolute atomic E-state index is 0.472. The van der Waals surface area contributed by atoms with Gasteiger partial charge in [-0.15, -0.1) is 0 Å². The molecule has 2 heterocycles. The number of para-hydroxylation sites is 1. The Hall–Kier alpha value is -2.41. The molecule has 0 radical (unpaired) electrons. The van der Waals surface area contributed by atoms with Crippen molar-refractivity contribution in [3.63, 3.8) is 0 Å². The predicted molar refractivity (Wildman–Crippen MR) is 109 cm³/mol. The van der Waals surface area contributed by atoms with Gasteiger partial charge in [-0.05, 0) is 37.3 Å². The quantitative estimate of drug-likeness (QED) is 0.360. The summed E-state index contributed by atoms with van der Waals surface area (Å²) in [5.74, 6) is 0. The van der Waals surface area contributed by atoms with E-state index in [1.807, 2.05) is 43.3 Å². The first kappa shape index (κ1) is 17.0. The van der Waals surface area contributed by atoms with Gasteiger partial charge in [0.2, 0.25) is 5.13 Å². The number of hydrazone groups is 1. The van der Waals surface area contributed by atoms with Gasteiger partial charge in [0.1, 0.15) is 5.15 Å². The number of nitrogens with one attached hydrogen (secondary N) is 1. The number of halogens is 2. The minimum atomic E-state index is 0.472. The molecule has 0 aliphatic carbocycles. The van der Waals surface area contributed by atoms with Gasteiger partial charge in [0.05, 0.1) is 33.4 Å². The van der Waals surface area contributed by atoms with E-state index in [9.17, 15) is 0 Å². The number of anilines is 1. The summed E-state index contributed by atoms with van der Waals surface area (Å²) in [5, 5.41) is 10.6. The Morgan fingerprint density at radius 3 is 2.81 bits per heavy atom. The van der Waals surface area contributed by atoms with Crippen LogP contribution in [0.5, 0.6) is 0 Å². The molecule has 0 saturated carbocycles. The van der Waals surface area contributed by atoms with E-state index >= 15 is 0 Å². The number of rotatable bonds is 4. The predicted octanol–water partition coefficient (Wildman–Crippen LogP) is 5.54. The van der Waals surface area contributed by atoms with Crippen LogP contribution < -0.4 is 5.43 Å². The topological polar surface area (TPSA) is 55.1 Å². The molecule has 1 N–H and O–H groups in total. The highest BCUT2D eigenvalue weighted by molar-refractivity contribution is 7.22. The van der Waals surface area contributed by atoms with Crippen LogP contribution in [0, 0.1) is 6.92 Å². The van der Waals surface area contributed by atoms with Crippen LogP contribution >= 0.6 is 34.5 Å². The van der Waals surface area contributed by atoms with Gasteiger partial charge in [-0.25, -0.2) is 9.67 Å². The highest BCUT2D eigenvalue weighted by Gasteiger charge is 2.13. The van der Waals surface area contributed by atoms with Gasteiger partial charge in [0, 0.05) is 5.02 Å². The normalized spacial score (nSPS) is 11.5. The molecule has 0 aliphatic rings. The molecule has 8 heteroatoms. The molecule has 4 aromatic rings. The fourth-order valence-corrected chi connectivity index (χ4v) is 3.83. The fourth-order valence-electron chi connectivity index (χ4n) is 2.51. The van der Waals surface area contributed by atoms with Crippen LogP contribution in [0.15, 0.2) is 53.6 Å². The largest absolute Gasteiger partial charge is 0.253 e. The molecule has 130 valence electrons. The Balaban J connectivity index is 1.59. The van der Waals surface area contributed by atoms with Crippen LogP contribution in [0.2, 0.25) is 10.2 Å². The van der Waals surface area contributed by atoms with Crippen LogP contribution in [0.3, 0.4) is 0 Å². The van der Waals surface area contributed by atoms with Crippen molar-refractivity contribution in [3.8, 4) is 5.69 Å². The summed E-state index contributed by atoms with van der Waals surface area (Å²) in [6, 6.07) is 15.3. The molecular formula is C18H13Cl2N5S. The van der Waals surface area contributed by atoms with Crippen LogP contribution in [-0.2, 0) is 0 Å². The molecule has 5 nitrogen and oxygen atoms in total. The maximum Gasteiger partial charge on any atom is 0.204 e. The number of hydrogen-bond acceptors (Lipinski definition) is 5. The zero-order valence-electron chi connectivity index (χ0n) is 13.6. The molecule has 0 amide bonds.